The first kappa shape index (κ1) is 25.1. The molecule has 3 aromatic rings. The first-order valence-corrected chi connectivity index (χ1v) is 10.2. The highest BCUT2D eigenvalue weighted by Crippen LogP contribution is 2.43. The number of amides is 1. The van der Waals surface area contributed by atoms with Gasteiger partial charge in [-0.05, 0) is 54.3 Å². The average Bonchev–Trinajstić information content (AvgIpc) is 2.76. The van der Waals surface area contributed by atoms with E-state index in [9.17, 15) is 27.5 Å². The third-order valence-corrected chi connectivity index (χ3v) is 5.47. The number of benzene rings is 2. The van der Waals surface area contributed by atoms with Crippen LogP contribution >= 0.6 is 0 Å². The molecule has 1 unspecified atom stereocenters. The van der Waals surface area contributed by atoms with Gasteiger partial charge in [-0.25, -0.2) is 9.37 Å². The molecule has 1 amide bonds. The summed E-state index contributed by atoms with van der Waals surface area (Å²) < 4.78 is 61.2. The van der Waals surface area contributed by atoms with Crippen molar-refractivity contribution in [2.24, 2.45) is 10.7 Å². The zero-order chi connectivity index (χ0) is 25.3. The predicted octanol–water partition coefficient (Wildman–Crippen LogP) is 4.85. The van der Waals surface area contributed by atoms with Crippen LogP contribution in [0.1, 0.15) is 36.3 Å². The van der Waals surface area contributed by atoms with Crippen molar-refractivity contribution in [1.82, 2.24) is 4.98 Å². The van der Waals surface area contributed by atoms with Gasteiger partial charge in [0.05, 0.1) is 18.3 Å². The molecule has 0 aliphatic heterocycles. The van der Waals surface area contributed by atoms with Gasteiger partial charge in [0.25, 0.3) is 5.91 Å². The topological polar surface area (TPSA) is 97.8 Å². The third kappa shape index (κ3) is 5.01. The van der Waals surface area contributed by atoms with E-state index in [0.717, 1.165) is 12.1 Å². The smallest absolute Gasteiger partial charge is 0.422 e. The number of pyridine rings is 1. The lowest BCUT2D eigenvalue weighted by Gasteiger charge is -2.36. The van der Waals surface area contributed by atoms with E-state index in [4.69, 9.17) is 10.5 Å². The van der Waals surface area contributed by atoms with Crippen molar-refractivity contribution in [2.75, 3.05) is 7.11 Å². The van der Waals surface area contributed by atoms with Gasteiger partial charge in [-0.3, -0.25) is 9.79 Å². The van der Waals surface area contributed by atoms with Crippen LogP contribution in [0.15, 0.2) is 53.5 Å². The molecule has 1 heterocycles. The van der Waals surface area contributed by atoms with E-state index in [-0.39, 0.29) is 22.7 Å². The number of ether oxygens (including phenoxy) is 1. The van der Waals surface area contributed by atoms with Gasteiger partial charge in [-0.15, -0.1) is 0 Å². The normalized spacial score (nSPS) is 14.4. The molecule has 2 aromatic carbocycles. The maximum absolute atomic E-state index is 14.1. The number of methoxy groups -OCH3 is 1. The summed E-state index contributed by atoms with van der Waals surface area (Å²) in [4.78, 5) is 19.4. The van der Waals surface area contributed by atoms with Gasteiger partial charge in [0, 0.05) is 17.2 Å². The summed E-state index contributed by atoms with van der Waals surface area (Å²) in [6.07, 6.45) is -5.52. The van der Waals surface area contributed by atoms with E-state index < -0.39 is 35.3 Å². The molecule has 0 saturated carbocycles. The molecule has 10 heteroatoms. The zero-order valence-electron chi connectivity index (χ0n) is 18.7. The monoisotopic (exact) mass is 477 g/mol. The molecule has 0 saturated heterocycles. The summed E-state index contributed by atoms with van der Waals surface area (Å²) in [6.45, 7) is 2.89. The Balaban J connectivity index is 2.04. The number of hydrogen-bond acceptors (Lipinski definition) is 5. The fourth-order valence-corrected chi connectivity index (χ4v) is 3.76. The molecule has 0 bridgehead atoms. The lowest BCUT2D eigenvalue weighted by molar-refractivity contribution is -0.234. The standard InChI is InChI=1S/C24H23F4N3O3/c1-22(2,16-11-14(25)7-10-20(16)34-3)12-23(33,24(26,27)28)13-30-17-5-4-6-18-15(17)8-9-19(31-18)21(29)32/h4-11,13,33H,12H2,1-3H3,(H2,29,32). The van der Waals surface area contributed by atoms with Gasteiger partial charge in [-0.1, -0.05) is 19.9 Å². The molecule has 180 valence electrons. The van der Waals surface area contributed by atoms with Gasteiger partial charge in [0.1, 0.15) is 17.3 Å². The van der Waals surface area contributed by atoms with Gasteiger partial charge in [0.2, 0.25) is 0 Å². The number of nitrogens with two attached hydrogens (primary N) is 1. The summed E-state index contributed by atoms with van der Waals surface area (Å²) in [6, 6.07) is 10.8. The fourth-order valence-electron chi connectivity index (χ4n) is 3.76. The molecule has 1 atom stereocenters. The molecule has 1 aromatic heterocycles. The number of nitrogens with zero attached hydrogens (tertiary/aromatic N) is 2. The van der Waals surface area contributed by atoms with Crippen LogP contribution in [0.5, 0.6) is 5.75 Å². The number of carbonyl (C=O) groups excluding carboxylic acids is 1. The van der Waals surface area contributed by atoms with Crippen LogP contribution in [0.25, 0.3) is 10.9 Å². The Morgan fingerprint density at radius 2 is 1.88 bits per heavy atom. The largest absolute Gasteiger partial charge is 0.496 e. The van der Waals surface area contributed by atoms with Crippen molar-refractivity contribution in [3.05, 3.63) is 65.6 Å². The number of fused-ring (bicyclic) bond motifs is 1. The van der Waals surface area contributed by atoms with Crippen LogP contribution in [0.3, 0.4) is 0 Å². The molecule has 34 heavy (non-hydrogen) atoms. The SMILES string of the molecule is COc1ccc(F)cc1C(C)(C)CC(O)(C=Nc1cccc2nc(C(N)=O)ccc12)C(F)(F)F. The minimum Gasteiger partial charge on any atom is -0.496 e. The lowest BCUT2D eigenvalue weighted by atomic mass is 9.74. The molecule has 0 radical (unpaired) electrons. The Labute approximate surface area is 193 Å². The van der Waals surface area contributed by atoms with Crippen LogP contribution in [0.4, 0.5) is 23.2 Å². The number of halogens is 4. The Kier molecular flexibility index (Phi) is 6.66. The summed E-state index contributed by atoms with van der Waals surface area (Å²) in [5.41, 5.74) is 1.07. The highest BCUT2D eigenvalue weighted by atomic mass is 19.4. The first-order chi connectivity index (χ1) is 15.8. The maximum atomic E-state index is 14.1. The number of aliphatic hydroxyl groups is 1. The molecule has 0 spiro atoms. The van der Waals surface area contributed by atoms with Gasteiger partial charge in [-0.2, -0.15) is 13.2 Å². The molecular formula is C24H23F4N3O3. The number of alkyl halides is 3. The lowest BCUT2D eigenvalue weighted by Crippen LogP contribution is -2.50. The van der Waals surface area contributed by atoms with Crippen molar-refractivity contribution in [2.45, 2.75) is 37.5 Å². The maximum Gasteiger partial charge on any atom is 0.422 e. The Hall–Kier alpha value is -3.53. The Morgan fingerprint density at radius 1 is 1.18 bits per heavy atom. The molecule has 0 aliphatic rings. The minimum absolute atomic E-state index is 0.00813. The molecule has 3 N–H and O–H groups in total. The Bertz CT molecular complexity index is 1260. The zero-order valence-corrected chi connectivity index (χ0v) is 18.7. The van der Waals surface area contributed by atoms with Gasteiger partial charge in [0.15, 0.2) is 5.60 Å². The van der Waals surface area contributed by atoms with Crippen LogP contribution in [0, 0.1) is 5.82 Å². The molecule has 0 fully saturated rings. The van der Waals surface area contributed by atoms with E-state index in [1.807, 2.05) is 0 Å². The van der Waals surface area contributed by atoms with E-state index in [1.165, 1.54) is 51.3 Å². The third-order valence-electron chi connectivity index (χ3n) is 5.47. The highest BCUT2D eigenvalue weighted by molar-refractivity contribution is 5.97. The number of rotatable bonds is 7. The van der Waals surface area contributed by atoms with E-state index in [2.05, 4.69) is 9.98 Å². The number of carbonyl (C=O) groups is 1. The summed E-state index contributed by atoms with van der Waals surface area (Å²) in [5.74, 6) is -1.21. The Morgan fingerprint density at radius 3 is 2.50 bits per heavy atom. The summed E-state index contributed by atoms with van der Waals surface area (Å²) in [7, 11) is 1.32. The number of aliphatic imine (C=N–C) groups is 1. The molecule has 0 aliphatic carbocycles. The van der Waals surface area contributed by atoms with Crippen molar-refractivity contribution < 1.29 is 32.2 Å². The van der Waals surface area contributed by atoms with Crippen LogP contribution in [0.2, 0.25) is 0 Å². The van der Waals surface area contributed by atoms with E-state index in [0.29, 0.717) is 17.1 Å². The highest BCUT2D eigenvalue weighted by Gasteiger charge is 2.55. The second kappa shape index (κ2) is 9.02. The number of aromatic nitrogens is 1. The number of primary amides is 1. The van der Waals surface area contributed by atoms with E-state index >= 15 is 0 Å². The van der Waals surface area contributed by atoms with E-state index in [1.54, 1.807) is 6.07 Å². The predicted molar refractivity (Wildman–Crippen MR) is 120 cm³/mol. The minimum atomic E-state index is -5.09. The fraction of sp³-hybridized carbons (Fsp3) is 0.292. The first-order valence-electron chi connectivity index (χ1n) is 10.2. The van der Waals surface area contributed by atoms with Gasteiger partial charge >= 0.3 is 6.18 Å². The quantitative estimate of drug-likeness (QED) is 0.376. The van der Waals surface area contributed by atoms with Crippen molar-refractivity contribution in [3.63, 3.8) is 0 Å². The van der Waals surface area contributed by atoms with Gasteiger partial charge < -0.3 is 15.6 Å². The van der Waals surface area contributed by atoms with Crippen LogP contribution in [-0.2, 0) is 5.41 Å². The average molecular weight is 477 g/mol. The molecule has 6 nitrogen and oxygen atoms in total. The van der Waals surface area contributed by atoms with Crippen LogP contribution in [-0.4, -0.2) is 41.1 Å². The number of hydrogen-bond donors (Lipinski definition) is 2. The van der Waals surface area contributed by atoms with Crippen molar-refractivity contribution >= 4 is 28.7 Å². The van der Waals surface area contributed by atoms with Crippen molar-refractivity contribution in [3.8, 4) is 5.75 Å². The molecular weight excluding hydrogens is 454 g/mol. The molecule has 3 rings (SSSR count). The second-order valence-electron chi connectivity index (χ2n) is 8.49. The summed E-state index contributed by atoms with van der Waals surface area (Å²) in [5, 5.41) is 11.1. The van der Waals surface area contributed by atoms with Crippen LogP contribution < -0.4 is 10.5 Å². The summed E-state index contributed by atoms with van der Waals surface area (Å²) >= 11 is 0. The second-order valence-corrected chi connectivity index (χ2v) is 8.49. The van der Waals surface area contributed by atoms with Crippen molar-refractivity contribution in [1.29, 1.82) is 0 Å².